The molecular weight excluding hydrogens is 552 g/mol. The number of aliphatic hydroxyl groups excluding tert-OH is 1. The Balaban J connectivity index is 1.21. The number of aliphatic hydroxyl groups is 1. The van der Waals surface area contributed by atoms with Crippen LogP contribution >= 0.6 is 11.8 Å². The smallest absolute Gasteiger partial charge is 0.261 e. The maximum Gasteiger partial charge on any atom is 0.261 e. The van der Waals surface area contributed by atoms with Crippen LogP contribution in [0, 0.1) is 11.1 Å². The molecule has 3 aromatic carbocycles. The van der Waals surface area contributed by atoms with Crippen LogP contribution < -0.4 is 4.73 Å². The van der Waals surface area contributed by atoms with Gasteiger partial charge in [0.1, 0.15) is 0 Å². The molecule has 1 saturated heterocycles. The Morgan fingerprint density at radius 2 is 1.45 bits per heavy atom. The highest BCUT2D eigenvalue weighted by Gasteiger charge is 2.39. The highest BCUT2D eigenvalue weighted by Crippen LogP contribution is 2.43. The van der Waals surface area contributed by atoms with Crippen molar-refractivity contribution >= 4 is 23.6 Å². The lowest BCUT2D eigenvalue weighted by atomic mass is 9.91. The number of hydrogen-bond acceptors (Lipinski definition) is 7. The number of benzene rings is 3. The number of carbonyl (C=O) groups excluding carboxylic acids is 2. The fraction of sp³-hybridized carbons (Fsp3) is 0.242. The number of imide groups is 1. The van der Waals surface area contributed by atoms with Gasteiger partial charge in [-0.1, -0.05) is 79.3 Å². The molecule has 0 saturated carbocycles. The molecule has 2 amide bonds. The summed E-state index contributed by atoms with van der Waals surface area (Å²) < 4.78 is 13.9. The summed E-state index contributed by atoms with van der Waals surface area (Å²) in [5, 5.41) is 22.3. The molecule has 2 aliphatic heterocycles. The van der Waals surface area contributed by atoms with Crippen LogP contribution in [0.15, 0.2) is 102 Å². The Hall–Kier alpha value is -4.02. The van der Waals surface area contributed by atoms with E-state index in [0.717, 1.165) is 27.0 Å². The van der Waals surface area contributed by atoms with Crippen molar-refractivity contribution < 1.29 is 28.9 Å². The number of pyridine rings is 1. The lowest BCUT2D eigenvalue weighted by Crippen LogP contribution is -2.39. The number of amides is 2. The molecule has 0 aliphatic carbocycles. The van der Waals surface area contributed by atoms with E-state index in [2.05, 4.69) is 6.92 Å². The molecule has 214 valence electrons. The van der Waals surface area contributed by atoms with Crippen molar-refractivity contribution in [2.24, 2.45) is 5.92 Å². The van der Waals surface area contributed by atoms with E-state index in [-0.39, 0.29) is 43.1 Å². The largest absolute Gasteiger partial charge is 0.618 e. The van der Waals surface area contributed by atoms with Gasteiger partial charge in [0, 0.05) is 29.4 Å². The number of aromatic nitrogens is 1. The molecule has 0 bridgehead atoms. The second-order valence-corrected chi connectivity index (χ2v) is 11.5. The van der Waals surface area contributed by atoms with E-state index in [1.807, 2.05) is 54.6 Å². The van der Waals surface area contributed by atoms with E-state index in [9.17, 15) is 19.9 Å². The Labute approximate surface area is 248 Å². The van der Waals surface area contributed by atoms with Crippen molar-refractivity contribution in [2.75, 3.05) is 5.75 Å². The molecule has 8 nitrogen and oxygen atoms in total. The number of rotatable bonds is 8. The van der Waals surface area contributed by atoms with Crippen LogP contribution in [0.2, 0.25) is 0 Å². The zero-order valence-corrected chi connectivity index (χ0v) is 23.8. The van der Waals surface area contributed by atoms with Crippen LogP contribution in [0.5, 0.6) is 0 Å². The van der Waals surface area contributed by atoms with Crippen molar-refractivity contribution in [1.29, 1.82) is 0 Å². The van der Waals surface area contributed by atoms with Crippen LogP contribution in [0.4, 0.5) is 0 Å². The highest BCUT2D eigenvalue weighted by molar-refractivity contribution is 7.99. The molecule has 42 heavy (non-hydrogen) atoms. The van der Waals surface area contributed by atoms with E-state index in [1.165, 1.54) is 22.9 Å². The van der Waals surface area contributed by atoms with Gasteiger partial charge in [-0.25, -0.2) is 0 Å². The number of ether oxygens (including phenoxy) is 2. The highest BCUT2D eigenvalue weighted by atomic mass is 32.2. The Morgan fingerprint density at radius 3 is 2.10 bits per heavy atom. The normalized spacial score (nSPS) is 21.9. The van der Waals surface area contributed by atoms with Gasteiger partial charge in [0.25, 0.3) is 16.8 Å². The van der Waals surface area contributed by atoms with Crippen LogP contribution in [0.3, 0.4) is 0 Å². The van der Waals surface area contributed by atoms with Gasteiger partial charge in [0.15, 0.2) is 12.5 Å². The fourth-order valence-electron chi connectivity index (χ4n) is 5.35. The average molecular weight is 583 g/mol. The summed E-state index contributed by atoms with van der Waals surface area (Å²) in [7, 11) is 0. The monoisotopic (exact) mass is 582 g/mol. The third-order valence-electron chi connectivity index (χ3n) is 7.78. The Morgan fingerprint density at radius 1 is 0.833 bits per heavy atom. The minimum Gasteiger partial charge on any atom is -0.618 e. The third kappa shape index (κ3) is 5.56. The van der Waals surface area contributed by atoms with Gasteiger partial charge in [-0.3, -0.25) is 14.5 Å². The molecule has 1 fully saturated rings. The summed E-state index contributed by atoms with van der Waals surface area (Å²) in [6, 6.07) is 27.4. The van der Waals surface area contributed by atoms with Gasteiger partial charge in [0.05, 0.1) is 36.5 Å². The van der Waals surface area contributed by atoms with E-state index in [1.54, 1.807) is 36.4 Å². The minimum absolute atomic E-state index is 0.0226. The second-order valence-electron chi connectivity index (χ2n) is 10.5. The number of nitrogens with zero attached hydrogens (tertiary/aromatic N) is 2. The first-order valence-corrected chi connectivity index (χ1v) is 14.8. The van der Waals surface area contributed by atoms with Crippen molar-refractivity contribution in [3.63, 3.8) is 0 Å². The van der Waals surface area contributed by atoms with Crippen LogP contribution in [-0.2, 0) is 22.6 Å². The standard InChI is InChI=1S/C33H30N2O6S/c1-21-28(20-42-29-8-4-5-17-35(29)39)40-33(41-30(21)24-13-11-23(19-36)12-14-24)25-15-9-22(10-16-25)18-34-31(37)26-6-2-3-7-27(26)32(34)38/h2-17,21,28,30,33,36H,18-20H2,1H3/t21-,28+,30+,33+/m1/s1. The zero-order chi connectivity index (χ0) is 29.2. The number of fused-ring (bicyclic) bond motifs is 1. The summed E-state index contributed by atoms with van der Waals surface area (Å²) in [5.41, 5.74) is 4.27. The fourth-order valence-corrected chi connectivity index (χ4v) is 6.43. The summed E-state index contributed by atoms with van der Waals surface area (Å²) in [6.45, 7) is 2.21. The maximum absolute atomic E-state index is 12.8. The van der Waals surface area contributed by atoms with Crippen LogP contribution in [-0.4, -0.2) is 33.7 Å². The number of thioether (sulfide) groups is 1. The average Bonchev–Trinajstić information content (AvgIpc) is 3.26. The van der Waals surface area contributed by atoms with E-state index >= 15 is 0 Å². The van der Waals surface area contributed by atoms with E-state index in [0.29, 0.717) is 21.9 Å². The molecule has 9 heteroatoms. The van der Waals surface area contributed by atoms with Crippen molar-refractivity contribution in [2.45, 2.75) is 43.6 Å². The van der Waals surface area contributed by atoms with E-state index in [4.69, 9.17) is 9.47 Å². The van der Waals surface area contributed by atoms with Crippen LogP contribution in [0.25, 0.3) is 0 Å². The molecule has 3 heterocycles. The zero-order valence-electron chi connectivity index (χ0n) is 23.0. The predicted octanol–water partition coefficient (Wildman–Crippen LogP) is 5.19. The summed E-state index contributed by atoms with van der Waals surface area (Å²) >= 11 is 1.44. The molecule has 1 N–H and O–H groups in total. The molecular formula is C33H30N2O6S. The van der Waals surface area contributed by atoms with Gasteiger partial charge in [0.2, 0.25) is 0 Å². The summed E-state index contributed by atoms with van der Waals surface area (Å²) in [6.07, 6.45) is 0.302. The number of carbonyl (C=O) groups is 2. The first-order valence-electron chi connectivity index (χ1n) is 13.8. The molecule has 0 unspecified atom stereocenters. The minimum atomic E-state index is -0.669. The SMILES string of the molecule is C[C@@H]1[C@H](CSc2cccc[n+]2[O-])O[C@H](c2ccc(CN3C(=O)c4ccccc4C3=O)cc2)O[C@@H]1c1ccc(CO)cc1. The Kier molecular flexibility index (Phi) is 8.08. The van der Waals surface area contributed by atoms with Crippen molar-refractivity contribution in [1.82, 2.24) is 4.90 Å². The second kappa shape index (κ2) is 12.1. The van der Waals surface area contributed by atoms with Gasteiger partial charge in [-0.15, -0.1) is 0 Å². The van der Waals surface area contributed by atoms with Gasteiger partial charge >= 0.3 is 0 Å². The van der Waals surface area contributed by atoms with Crippen LogP contribution in [0.1, 0.15) is 62.3 Å². The van der Waals surface area contributed by atoms with Gasteiger partial charge < -0.3 is 19.8 Å². The maximum atomic E-state index is 12.8. The van der Waals surface area contributed by atoms with Crippen molar-refractivity contribution in [3.8, 4) is 0 Å². The lowest BCUT2D eigenvalue weighted by molar-refractivity contribution is -0.645. The van der Waals surface area contributed by atoms with Gasteiger partial charge in [-0.2, -0.15) is 4.73 Å². The first-order chi connectivity index (χ1) is 20.4. The third-order valence-corrected chi connectivity index (χ3v) is 8.89. The molecule has 0 radical (unpaired) electrons. The molecule has 4 atom stereocenters. The molecule has 0 spiro atoms. The van der Waals surface area contributed by atoms with Gasteiger partial charge in [-0.05, 0) is 34.9 Å². The lowest BCUT2D eigenvalue weighted by Gasteiger charge is -2.41. The molecule has 4 aromatic rings. The Bertz CT molecular complexity index is 1560. The summed E-state index contributed by atoms with van der Waals surface area (Å²) in [5.74, 6) is -0.0524. The quantitative estimate of drug-likeness (QED) is 0.132. The first kappa shape index (κ1) is 28.1. The predicted molar refractivity (Wildman–Crippen MR) is 156 cm³/mol. The summed E-state index contributed by atoms with van der Waals surface area (Å²) in [4.78, 5) is 26.9. The molecule has 1 aromatic heterocycles. The van der Waals surface area contributed by atoms with Crippen molar-refractivity contribution in [3.05, 3.63) is 136 Å². The number of hydrogen-bond donors (Lipinski definition) is 1. The molecule has 2 aliphatic rings. The molecule has 6 rings (SSSR count). The van der Waals surface area contributed by atoms with E-state index < -0.39 is 6.29 Å². The topological polar surface area (TPSA) is 103 Å².